The molecule has 5 nitrogen and oxygen atoms in total. The second kappa shape index (κ2) is 6.96. The van der Waals surface area contributed by atoms with Gasteiger partial charge < -0.3 is 14.7 Å². The van der Waals surface area contributed by atoms with Crippen molar-refractivity contribution in [2.24, 2.45) is 5.92 Å². The zero-order valence-corrected chi connectivity index (χ0v) is 14.8. The molecule has 1 fully saturated rings. The van der Waals surface area contributed by atoms with Gasteiger partial charge in [-0.15, -0.1) is 0 Å². The van der Waals surface area contributed by atoms with Gasteiger partial charge in [-0.2, -0.15) is 0 Å². The van der Waals surface area contributed by atoms with Gasteiger partial charge in [-0.1, -0.05) is 0 Å². The standard InChI is InChI=1S/C16H23BrN2O3/c1-16(2,3)22-15(21)19-8-5-11(6-9-19)14(20)12-4-7-18-10-13(12)17/h4,7,10-11,14,20H,5-6,8-9H2,1-3H3/t14-/m0/s1. The monoisotopic (exact) mass is 370 g/mol. The molecule has 0 bridgehead atoms. The molecule has 0 unspecified atom stereocenters. The van der Waals surface area contributed by atoms with Crippen LogP contribution in [0.25, 0.3) is 0 Å². The van der Waals surface area contributed by atoms with Crippen molar-refractivity contribution in [2.75, 3.05) is 13.1 Å². The van der Waals surface area contributed by atoms with E-state index in [1.165, 1.54) is 0 Å². The van der Waals surface area contributed by atoms with Crippen LogP contribution in [0.3, 0.4) is 0 Å². The Bertz CT molecular complexity index is 522. The highest BCUT2D eigenvalue weighted by Gasteiger charge is 2.31. The SMILES string of the molecule is CC(C)(C)OC(=O)N1CCC([C@H](O)c2ccncc2Br)CC1. The minimum atomic E-state index is -0.543. The Hall–Kier alpha value is -1.14. The van der Waals surface area contributed by atoms with Crippen LogP contribution in [-0.2, 0) is 4.74 Å². The van der Waals surface area contributed by atoms with E-state index in [1.54, 1.807) is 17.3 Å². The Kier molecular flexibility index (Phi) is 5.45. The first-order valence-electron chi connectivity index (χ1n) is 7.53. The van der Waals surface area contributed by atoms with Gasteiger partial charge in [0.25, 0.3) is 0 Å². The van der Waals surface area contributed by atoms with Crippen LogP contribution in [0.2, 0.25) is 0 Å². The molecule has 1 aromatic heterocycles. The van der Waals surface area contributed by atoms with Gasteiger partial charge in [-0.05, 0) is 67.1 Å². The Morgan fingerprint density at radius 1 is 1.45 bits per heavy atom. The quantitative estimate of drug-likeness (QED) is 0.864. The molecule has 1 N–H and O–H groups in total. The molecular formula is C16H23BrN2O3. The molecule has 0 radical (unpaired) electrons. The first kappa shape index (κ1) is 17.2. The number of piperidine rings is 1. The van der Waals surface area contributed by atoms with Crippen molar-refractivity contribution in [3.63, 3.8) is 0 Å². The summed E-state index contributed by atoms with van der Waals surface area (Å²) in [5.74, 6) is 0.136. The van der Waals surface area contributed by atoms with Crippen molar-refractivity contribution in [3.05, 3.63) is 28.5 Å². The predicted octanol–water partition coefficient (Wildman–Crippen LogP) is 3.52. The molecule has 1 amide bonds. The highest BCUT2D eigenvalue weighted by molar-refractivity contribution is 9.10. The lowest BCUT2D eigenvalue weighted by atomic mass is 9.88. The third-order valence-corrected chi connectivity index (χ3v) is 4.42. The summed E-state index contributed by atoms with van der Waals surface area (Å²) >= 11 is 3.42. The van der Waals surface area contributed by atoms with Crippen molar-refractivity contribution < 1.29 is 14.6 Å². The van der Waals surface area contributed by atoms with Gasteiger partial charge in [0.2, 0.25) is 0 Å². The van der Waals surface area contributed by atoms with Gasteiger partial charge in [0.15, 0.2) is 0 Å². The molecule has 2 rings (SSSR count). The molecule has 1 saturated heterocycles. The molecule has 1 aliphatic heterocycles. The molecule has 22 heavy (non-hydrogen) atoms. The van der Waals surface area contributed by atoms with Crippen molar-refractivity contribution in [3.8, 4) is 0 Å². The maximum Gasteiger partial charge on any atom is 0.410 e. The van der Waals surface area contributed by atoms with Crippen LogP contribution >= 0.6 is 15.9 Å². The molecule has 2 heterocycles. The average molecular weight is 371 g/mol. The summed E-state index contributed by atoms with van der Waals surface area (Å²) < 4.78 is 6.20. The summed E-state index contributed by atoms with van der Waals surface area (Å²) in [5.41, 5.74) is 0.376. The number of rotatable bonds is 2. The Labute approximate surface area is 139 Å². The van der Waals surface area contributed by atoms with E-state index in [0.29, 0.717) is 13.1 Å². The number of ether oxygens (including phenoxy) is 1. The molecule has 122 valence electrons. The summed E-state index contributed by atoms with van der Waals surface area (Å²) in [7, 11) is 0. The fourth-order valence-corrected chi connectivity index (χ4v) is 3.09. The van der Waals surface area contributed by atoms with Crippen molar-refractivity contribution >= 4 is 22.0 Å². The Morgan fingerprint density at radius 2 is 2.09 bits per heavy atom. The molecule has 1 atom stereocenters. The van der Waals surface area contributed by atoms with Gasteiger partial charge in [-0.25, -0.2) is 4.79 Å². The van der Waals surface area contributed by atoms with Gasteiger partial charge >= 0.3 is 6.09 Å². The van der Waals surface area contributed by atoms with Crippen LogP contribution in [0.15, 0.2) is 22.9 Å². The lowest BCUT2D eigenvalue weighted by Gasteiger charge is -2.35. The van der Waals surface area contributed by atoms with E-state index in [9.17, 15) is 9.90 Å². The minimum Gasteiger partial charge on any atom is -0.444 e. The molecule has 1 aromatic rings. The first-order chi connectivity index (χ1) is 10.3. The second-order valence-electron chi connectivity index (χ2n) is 6.65. The van der Waals surface area contributed by atoms with E-state index >= 15 is 0 Å². The van der Waals surface area contributed by atoms with Gasteiger partial charge in [0.05, 0.1) is 6.10 Å². The molecule has 6 heteroatoms. The van der Waals surface area contributed by atoms with Crippen LogP contribution in [0, 0.1) is 5.92 Å². The minimum absolute atomic E-state index is 0.136. The molecule has 0 aliphatic carbocycles. The zero-order chi connectivity index (χ0) is 16.3. The van der Waals surface area contributed by atoms with E-state index in [4.69, 9.17) is 4.74 Å². The maximum atomic E-state index is 12.0. The summed E-state index contributed by atoms with van der Waals surface area (Å²) in [6, 6.07) is 1.83. The van der Waals surface area contributed by atoms with E-state index in [2.05, 4.69) is 20.9 Å². The summed E-state index contributed by atoms with van der Waals surface area (Å²) in [4.78, 5) is 17.8. The molecule has 0 aromatic carbocycles. The Morgan fingerprint density at radius 3 is 2.64 bits per heavy atom. The third-order valence-electron chi connectivity index (χ3n) is 3.76. The van der Waals surface area contributed by atoms with Crippen LogP contribution in [0.1, 0.15) is 45.3 Å². The smallest absolute Gasteiger partial charge is 0.410 e. The molecule has 0 saturated carbocycles. The molecule has 0 spiro atoms. The van der Waals surface area contributed by atoms with Crippen LogP contribution in [0.5, 0.6) is 0 Å². The lowest BCUT2D eigenvalue weighted by molar-refractivity contribution is 0.00757. The lowest BCUT2D eigenvalue weighted by Crippen LogP contribution is -2.42. The first-order valence-corrected chi connectivity index (χ1v) is 8.32. The summed E-state index contributed by atoms with van der Waals surface area (Å²) in [6.45, 7) is 6.81. The highest BCUT2D eigenvalue weighted by Crippen LogP contribution is 2.34. The van der Waals surface area contributed by atoms with Crippen LogP contribution in [-0.4, -0.2) is 39.8 Å². The summed E-state index contributed by atoms with van der Waals surface area (Å²) in [5, 5.41) is 10.5. The van der Waals surface area contributed by atoms with E-state index in [-0.39, 0.29) is 12.0 Å². The van der Waals surface area contributed by atoms with Crippen LogP contribution < -0.4 is 0 Å². The number of nitrogens with zero attached hydrogens (tertiary/aromatic N) is 2. The number of aliphatic hydroxyl groups excluding tert-OH is 1. The molecular weight excluding hydrogens is 348 g/mol. The topological polar surface area (TPSA) is 62.7 Å². The van der Waals surface area contributed by atoms with Crippen molar-refractivity contribution in [1.29, 1.82) is 0 Å². The van der Waals surface area contributed by atoms with E-state index in [1.807, 2.05) is 26.8 Å². The van der Waals surface area contributed by atoms with Gasteiger partial charge in [0, 0.05) is 30.0 Å². The number of hydrogen-bond donors (Lipinski definition) is 1. The number of aliphatic hydroxyl groups is 1. The number of halogens is 1. The van der Waals surface area contributed by atoms with Crippen LogP contribution in [0.4, 0.5) is 4.79 Å². The fourth-order valence-electron chi connectivity index (χ4n) is 2.60. The highest BCUT2D eigenvalue weighted by atomic mass is 79.9. The number of carbonyl (C=O) groups is 1. The number of amides is 1. The van der Waals surface area contributed by atoms with E-state index < -0.39 is 11.7 Å². The Balaban J connectivity index is 1.92. The maximum absolute atomic E-state index is 12.0. The fraction of sp³-hybridized carbons (Fsp3) is 0.625. The number of aromatic nitrogens is 1. The number of pyridine rings is 1. The zero-order valence-electron chi connectivity index (χ0n) is 13.3. The normalized spacial score (nSPS) is 18.1. The summed E-state index contributed by atoms with van der Waals surface area (Å²) in [6.07, 6.45) is 4.07. The number of likely N-dealkylation sites (tertiary alicyclic amines) is 1. The van der Waals surface area contributed by atoms with Gasteiger partial charge in [-0.3, -0.25) is 4.98 Å². The third kappa shape index (κ3) is 4.43. The molecule has 1 aliphatic rings. The van der Waals surface area contributed by atoms with E-state index in [0.717, 1.165) is 22.9 Å². The van der Waals surface area contributed by atoms with Gasteiger partial charge in [0.1, 0.15) is 5.60 Å². The predicted molar refractivity (Wildman–Crippen MR) is 87.4 cm³/mol. The van der Waals surface area contributed by atoms with Crippen molar-refractivity contribution in [2.45, 2.75) is 45.3 Å². The number of hydrogen-bond acceptors (Lipinski definition) is 4. The largest absolute Gasteiger partial charge is 0.444 e. The van der Waals surface area contributed by atoms with Crippen molar-refractivity contribution in [1.82, 2.24) is 9.88 Å². The second-order valence-corrected chi connectivity index (χ2v) is 7.50. The average Bonchev–Trinajstić information content (AvgIpc) is 2.45. The number of carbonyl (C=O) groups excluding carboxylic acids is 1.